The van der Waals surface area contributed by atoms with Crippen LogP contribution < -0.4 is 5.73 Å². The maximum Gasteiger partial charge on any atom is 0.310 e. The molecular weight excluding hydrogens is 158 g/mol. The molecule has 72 valence electrons. The smallest absolute Gasteiger partial charge is 0.310 e. The molecule has 3 N–H and O–H groups in total. The monoisotopic (exact) mass is 175 g/mol. The minimum atomic E-state index is -0.901. The van der Waals surface area contributed by atoms with Crippen LogP contribution in [0.15, 0.2) is 0 Å². The molecule has 12 heavy (non-hydrogen) atoms. The Labute approximate surface area is 72.7 Å². The van der Waals surface area contributed by atoms with E-state index in [0.717, 1.165) is 0 Å². The van der Waals surface area contributed by atoms with E-state index in [-0.39, 0.29) is 18.8 Å². The molecule has 0 aliphatic rings. The van der Waals surface area contributed by atoms with Crippen molar-refractivity contribution in [3.05, 3.63) is 0 Å². The van der Waals surface area contributed by atoms with Gasteiger partial charge in [0.2, 0.25) is 0 Å². The van der Waals surface area contributed by atoms with Crippen molar-refractivity contribution in [3.63, 3.8) is 0 Å². The summed E-state index contributed by atoms with van der Waals surface area (Å²) in [4.78, 5) is 10.5. The van der Waals surface area contributed by atoms with E-state index in [2.05, 4.69) is 0 Å². The van der Waals surface area contributed by atoms with Crippen LogP contribution in [0.4, 0.5) is 0 Å². The molecular formula is C8H17NO3. The molecule has 0 saturated heterocycles. The average Bonchev–Trinajstić information content (AvgIpc) is 1.85. The maximum absolute atomic E-state index is 10.5. The van der Waals surface area contributed by atoms with Crippen molar-refractivity contribution in [2.24, 2.45) is 11.7 Å². The lowest BCUT2D eigenvalue weighted by atomic mass is 10.1. The number of carbonyl (C=O) groups is 1. The van der Waals surface area contributed by atoms with E-state index in [1.165, 1.54) is 0 Å². The van der Waals surface area contributed by atoms with Crippen molar-refractivity contribution in [1.29, 1.82) is 0 Å². The van der Waals surface area contributed by atoms with Crippen LogP contribution in [0.3, 0.4) is 0 Å². The molecule has 4 heteroatoms. The summed E-state index contributed by atoms with van der Waals surface area (Å²) in [5.74, 6) is -1.49. The van der Waals surface area contributed by atoms with Gasteiger partial charge >= 0.3 is 5.97 Å². The zero-order valence-electron chi connectivity index (χ0n) is 7.83. The lowest BCUT2D eigenvalue weighted by Gasteiger charge is -2.21. The van der Waals surface area contributed by atoms with Gasteiger partial charge < -0.3 is 15.6 Å². The van der Waals surface area contributed by atoms with Crippen molar-refractivity contribution in [2.75, 3.05) is 13.2 Å². The van der Waals surface area contributed by atoms with Crippen molar-refractivity contribution < 1.29 is 14.6 Å². The molecule has 0 radical (unpaired) electrons. The summed E-state index contributed by atoms with van der Waals surface area (Å²) in [6.45, 7) is 5.92. The SMILES string of the molecule is CC(C)(C)OCC(CN)C(=O)O. The zero-order chi connectivity index (χ0) is 9.78. The van der Waals surface area contributed by atoms with Crippen LogP contribution in [0, 0.1) is 5.92 Å². The number of rotatable bonds is 4. The first kappa shape index (κ1) is 11.4. The second-order valence-electron chi connectivity index (χ2n) is 3.69. The lowest BCUT2D eigenvalue weighted by molar-refractivity contribution is -0.145. The third-order valence-electron chi connectivity index (χ3n) is 1.35. The van der Waals surface area contributed by atoms with Crippen LogP contribution in [0.2, 0.25) is 0 Å². The fourth-order valence-corrected chi connectivity index (χ4v) is 0.591. The first-order valence-corrected chi connectivity index (χ1v) is 3.93. The van der Waals surface area contributed by atoms with E-state index in [1.54, 1.807) is 0 Å². The van der Waals surface area contributed by atoms with Crippen LogP contribution in [-0.2, 0) is 9.53 Å². The standard InChI is InChI=1S/C8H17NO3/c1-8(2,3)12-5-6(4-9)7(10)11/h6H,4-5,9H2,1-3H3,(H,10,11). The Hall–Kier alpha value is -0.610. The Kier molecular flexibility index (Phi) is 4.20. The molecule has 1 unspecified atom stereocenters. The second-order valence-corrected chi connectivity index (χ2v) is 3.69. The van der Waals surface area contributed by atoms with Crippen molar-refractivity contribution in [1.82, 2.24) is 0 Å². The molecule has 0 bridgehead atoms. The van der Waals surface area contributed by atoms with E-state index in [1.807, 2.05) is 20.8 Å². The van der Waals surface area contributed by atoms with Gasteiger partial charge in [0.25, 0.3) is 0 Å². The summed E-state index contributed by atoms with van der Waals surface area (Å²) in [5.41, 5.74) is 4.94. The molecule has 0 amide bonds. The quantitative estimate of drug-likeness (QED) is 0.651. The lowest BCUT2D eigenvalue weighted by Crippen LogP contribution is -2.32. The number of carboxylic acids is 1. The van der Waals surface area contributed by atoms with Crippen LogP contribution in [0.25, 0.3) is 0 Å². The number of hydrogen-bond donors (Lipinski definition) is 2. The Bertz CT molecular complexity index is 151. The van der Waals surface area contributed by atoms with Gasteiger partial charge in [-0.15, -0.1) is 0 Å². The van der Waals surface area contributed by atoms with Crippen LogP contribution in [0.5, 0.6) is 0 Å². The third kappa shape index (κ3) is 5.09. The molecule has 0 heterocycles. The first-order valence-electron chi connectivity index (χ1n) is 3.93. The maximum atomic E-state index is 10.5. The number of nitrogens with two attached hydrogens (primary N) is 1. The minimum Gasteiger partial charge on any atom is -0.481 e. The molecule has 1 atom stereocenters. The molecule has 0 rings (SSSR count). The fourth-order valence-electron chi connectivity index (χ4n) is 0.591. The summed E-state index contributed by atoms with van der Waals surface area (Å²) in [6, 6.07) is 0. The topological polar surface area (TPSA) is 72.5 Å². The highest BCUT2D eigenvalue weighted by Crippen LogP contribution is 2.09. The van der Waals surface area contributed by atoms with Crippen molar-refractivity contribution in [3.8, 4) is 0 Å². The normalized spacial score (nSPS) is 14.3. The van der Waals surface area contributed by atoms with E-state index in [0.29, 0.717) is 0 Å². The van der Waals surface area contributed by atoms with E-state index < -0.39 is 11.9 Å². The van der Waals surface area contributed by atoms with Gasteiger partial charge in [-0.3, -0.25) is 4.79 Å². The minimum absolute atomic E-state index is 0.116. The van der Waals surface area contributed by atoms with Crippen LogP contribution >= 0.6 is 0 Å². The largest absolute Gasteiger partial charge is 0.481 e. The Morgan fingerprint density at radius 1 is 1.58 bits per heavy atom. The Balaban J connectivity index is 3.81. The fraction of sp³-hybridized carbons (Fsp3) is 0.875. The highest BCUT2D eigenvalue weighted by Gasteiger charge is 2.19. The summed E-state index contributed by atoms with van der Waals surface area (Å²) in [6.07, 6.45) is 0. The van der Waals surface area contributed by atoms with Gasteiger partial charge in [0.1, 0.15) is 0 Å². The highest BCUT2D eigenvalue weighted by atomic mass is 16.5. The van der Waals surface area contributed by atoms with E-state index >= 15 is 0 Å². The van der Waals surface area contributed by atoms with Gasteiger partial charge in [0, 0.05) is 6.54 Å². The highest BCUT2D eigenvalue weighted by molar-refractivity contribution is 5.70. The molecule has 0 saturated carbocycles. The average molecular weight is 175 g/mol. The van der Waals surface area contributed by atoms with Crippen molar-refractivity contribution >= 4 is 5.97 Å². The number of aliphatic carboxylic acids is 1. The first-order chi connectivity index (χ1) is 5.37. The molecule has 0 aromatic rings. The number of carboxylic acid groups (broad SMARTS) is 1. The number of hydrogen-bond acceptors (Lipinski definition) is 3. The van der Waals surface area contributed by atoms with E-state index in [4.69, 9.17) is 15.6 Å². The van der Waals surface area contributed by atoms with Crippen molar-refractivity contribution in [2.45, 2.75) is 26.4 Å². The van der Waals surface area contributed by atoms with Gasteiger partial charge in [-0.05, 0) is 20.8 Å². The second kappa shape index (κ2) is 4.42. The third-order valence-corrected chi connectivity index (χ3v) is 1.35. The predicted molar refractivity (Wildman–Crippen MR) is 45.9 cm³/mol. The predicted octanol–water partition coefficient (Wildman–Crippen LogP) is 0.461. The van der Waals surface area contributed by atoms with Crippen LogP contribution in [-0.4, -0.2) is 29.8 Å². The Morgan fingerprint density at radius 3 is 2.33 bits per heavy atom. The molecule has 4 nitrogen and oxygen atoms in total. The summed E-state index contributed by atoms with van der Waals surface area (Å²) in [7, 11) is 0. The zero-order valence-corrected chi connectivity index (χ0v) is 7.83. The summed E-state index contributed by atoms with van der Waals surface area (Å²) >= 11 is 0. The molecule has 0 aromatic carbocycles. The molecule has 0 fully saturated rings. The molecule has 0 aliphatic carbocycles. The van der Waals surface area contributed by atoms with Gasteiger partial charge in [0.15, 0.2) is 0 Å². The van der Waals surface area contributed by atoms with Gasteiger partial charge in [-0.25, -0.2) is 0 Å². The van der Waals surface area contributed by atoms with Gasteiger partial charge in [-0.2, -0.15) is 0 Å². The van der Waals surface area contributed by atoms with Gasteiger partial charge in [0.05, 0.1) is 18.1 Å². The van der Waals surface area contributed by atoms with E-state index in [9.17, 15) is 4.79 Å². The number of ether oxygens (including phenoxy) is 1. The molecule has 0 spiro atoms. The Morgan fingerprint density at radius 2 is 2.08 bits per heavy atom. The summed E-state index contributed by atoms with van der Waals surface area (Å²) in [5, 5.41) is 8.61. The van der Waals surface area contributed by atoms with Crippen LogP contribution in [0.1, 0.15) is 20.8 Å². The summed E-state index contributed by atoms with van der Waals surface area (Å²) < 4.78 is 5.28. The molecule has 0 aliphatic heterocycles. The van der Waals surface area contributed by atoms with Gasteiger partial charge in [-0.1, -0.05) is 0 Å². The molecule has 0 aromatic heterocycles.